The molecule has 0 aliphatic carbocycles. The van der Waals surface area contributed by atoms with Crippen LogP contribution >= 0.6 is 12.8 Å². The Morgan fingerprint density at radius 2 is 1.46 bits per heavy atom. The molecule has 3 N–H and O–H groups in total. The zero-order valence-electron chi connectivity index (χ0n) is 14.7. The third-order valence-electron chi connectivity index (χ3n) is 3.43. The van der Waals surface area contributed by atoms with Gasteiger partial charge in [-0.15, -0.1) is 0 Å². The molecule has 0 bridgehead atoms. The summed E-state index contributed by atoms with van der Waals surface area (Å²) in [5, 5.41) is 4.66. The zero-order chi connectivity index (χ0) is 20.5. The van der Waals surface area contributed by atoms with Gasteiger partial charge >= 0.3 is 12.0 Å². The van der Waals surface area contributed by atoms with Gasteiger partial charge in [-0.2, -0.15) is 0 Å². The number of benzene rings is 2. The van der Waals surface area contributed by atoms with E-state index < -0.39 is 23.8 Å². The van der Waals surface area contributed by atoms with Gasteiger partial charge in [0.25, 0.3) is 11.8 Å². The summed E-state index contributed by atoms with van der Waals surface area (Å²) in [6.07, 6.45) is 0. The lowest BCUT2D eigenvalue weighted by atomic mass is 10.1. The van der Waals surface area contributed by atoms with Gasteiger partial charge in [-0.05, 0) is 48.5 Å². The van der Waals surface area contributed by atoms with Crippen molar-refractivity contribution < 1.29 is 28.7 Å². The number of rotatable bonds is 6. The molecule has 0 saturated carbocycles. The van der Waals surface area contributed by atoms with E-state index in [0.717, 1.165) is 0 Å². The summed E-state index contributed by atoms with van der Waals surface area (Å²) in [6.45, 7) is -0.229. The Hall–Kier alpha value is -3.53. The van der Waals surface area contributed by atoms with Crippen molar-refractivity contribution >= 4 is 42.3 Å². The summed E-state index contributed by atoms with van der Waals surface area (Å²) < 4.78 is 11.8. The summed E-state index contributed by atoms with van der Waals surface area (Å²) in [7, 11) is 1.26. The van der Waals surface area contributed by atoms with Gasteiger partial charge in [0.05, 0.1) is 7.11 Å². The van der Waals surface area contributed by atoms with E-state index in [0.29, 0.717) is 17.0 Å². The van der Waals surface area contributed by atoms with E-state index in [1.807, 2.05) is 0 Å². The minimum Gasteiger partial charge on any atom is -0.482 e. The Balaban J connectivity index is 1.88. The van der Waals surface area contributed by atoms with Crippen LogP contribution in [0.2, 0.25) is 0 Å². The molecule has 9 nitrogen and oxygen atoms in total. The van der Waals surface area contributed by atoms with Gasteiger partial charge in [0.1, 0.15) is 5.75 Å². The number of urea groups is 1. The van der Waals surface area contributed by atoms with Crippen LogP contribution in [-0.2, 0) is 9.53 Å². The van der Waals surface area contributed by atoms with Gasteiger partial charge in [-0.1, -0.05) is 12.8 Å². The molecular weight excluding hydrogens is 386 g/mol. The topological polar surface area (TPSA) is 123 Å². The molecule has 0 saturated heterocycles. The van der Waals surface area contributed by atoms with Crippen LogP contribution in [-0.4, -0.2) is 37.5 Å². The van der Waals surface area contributed by atoms with E-state index in [9.17, 15) is 19.2 Å². The summed E-state index contributed by atoms with van der Waals surface area (Å²) in [6, 6.07) is 11.1. The zero-order valence-corrected chi connectivity index (χ0v) is 15.6. The molecule has 0 fully saturated rings. The molecule has 0 atom stereocenters. The van der Waals surface area contributed by atoms with Gasteiger partial charge in [0.2, 0.25) is 0 Å². The maximum atomic E-state index is 12.1. The van der Waals surface area contributed by atoms with Gasteiger partial charge in [-0.3, -0.25) is 19.6 Å². The molecule has 2 aromatic rings. The molecule has 2 rings (SSSR count). The second-order valence-corrected chi connectivity index (χ2v) is 5.54. The van der Waals surface area contributed by atoms with Crippen LogP contribution in [0.15, 0.2) is 48.5 Å². The minimum atomic E-state index is -0.731. The number of hydrogen-bond acceptors (Lipinski definition) is 7. The number of carbonyl (C=O) groups excluding carboxylic acids is 4. The second kappa shape index (κ2) is 9.97. The molecule has 0 aliphatic heterocycles. The summed E-state index contributed by atoms with van der Waals surface area (Å²) in [5.41, 5.74) is 0.944. The summed E-state index contributed by atoms with van der Waals surface area (Å²) >= 11 is 3.66. The van der Waals surface area contributed by atoms with Crippen molar-refractivity contribution in [2.45, 2.75) is 0 Å². The first-order valence-corrected chi connectivity index (χ1v) is 8.34. The molecule has 4 amide bonds. The number of nitrogens with one attached hydrogen (secondary N) is 3. The van der Waals surface area contributed by atoms with Gasteiger partial charge in [-0.25, -0.2) is 9.59 Å². The number of ether oxygens (including phenoxy) is 2. The van der Waals surface area contributed by atoms with Crippen LogP contribution in [0.4, 0.5) is 10.5 Å². The first-order chi connectivity index (χ1) is 13.4. The lowest BCUT2D eigenvalue weighted by Gasteiger charge is -2.09. The van der Waals surface area contributed by atoms with Gasteiger partial charge < -0.3 is 14.8 Å². The molecule has 146 valence electrons. The highest BCUT2D eigenvalue weighted by Crippen LogP contribution is 2.15. The largest absolute Gasteiger partial charge is 0.482 e. The Morgan fingerprint density at radius 3 is 2.00 bits per heavy atom. The van der Waals surface area contributed by atoms with E-state index in [4.69, 9.17) is 4.74 Å². The van der Waals surface area contributed by atoms with Crippen molar-refractivity contribution in [3.05, 3.63) is 59.7 Å². The number of methoxy groups -OCH3 is 1. The normalized spacial score (nSPS) is 9.79. The Bertz CT molecular complexity index is 868. The predicted molar refractivity (Wildman–Crippen MR) is 103 cm³/mol. The number of carbonyl (C=O) groups is 4. The van der Waals surface area contributed by atoms with E-state index >= 15 is 0 Å². The molecule has 0 spiro atoms. The van der Waals surface area contributed by atoms with Crippen molar-refractivity contribution in [2.75, 3.05) is 19.0 Å². The highest BCUT2D eigenvalue weighted by Gasteiger charge is 2.12. The molecule has 0 radical (unpaired) electrons. The fourth-order valence-corrected chi connectivity index (χ4v) is 2.14. The monoisotopic (exact) mass is 403 g/mol. The molecule has 0 heterocycles. The fraction of sp³-hybridized carbons (Fsp3) is 0.111. The van der Waals surface area contributed by atoms with Gasteiger partial charge in [0, 0.05) is 16.8 Å². The minimum absolute atomic E-state index is 0.206. The fourth-order valence-electron chi connectivity index (χ4n) is 2.01. The molecule has 0 aromatic heterocycles. The van der Waals surface area contributed by atoms with Crippen LogP contribution in [0.1, 0.15) is 20.7 Å². The number of thiol groups is 1. The lowest BCUT2D eigenvalue weighted by molar-refractivity contribution is -0.142. The van der Waals surface area contributed by atoms with Crippen molar-refractivity contribution in [1.29, 1.82) is 0 Å². The van der Waals surface area contributed by atoms with E-state index in [1.54, 1.807) is 24.3 Å². The standard InChI is InChI=1S/C18H17N3O6S/c1-26-15(22)10-27-14-8-6-13(7-9-14)19-18(25)20-16(23)11-2-4-12(5-3-11)17(24)21-28/h2-9,28H,10H2,1H3,(H,21,24)(H2,19,20,23,25). The molecular formula is C18H17N3O6S. The third kappa shape index (κ3) is 6.02. The van der Waals surface area contributed by atoms with Crippen molar-refractivity contribution in [1.82, 2.24) is 10.0 Å². The smallest absolute Gasteiger partial charge is 0.343 e. The SMILES string of the molecule is COC(=O)COc1ccc(NC(=O)NC(=O)c2ccc(C(=O)NS)cc2)cc1. The Kier molecular flexibility index (Phi) is 7.40. The molecule has 2 aromatic carbocycles. The quantitative estimate of drug-likeness (QED) is 0.431. The van der Waals surface area contributed by atoms with Crippen molar-refractivity contribution in [2.24, 2.45) is 0 Å². The van der Waals surface area contributed by atoms with Crippen molar-refractivity contribution in [3.8, 4) is 5.75 Å². The Morgan fingerprint density at radius 1 is 0.893 bits per heavy atom. The first kappa shape index (κ1) is 20.8. The lowest BCUT2D eigenvalue weighted by Crippen LogP contribution is -2.34. The van der Waals surface area contributed by atoms with E-state index in [-0.39, 0.29) is 12.2 Å². The number of esters is 1. The molecule has 0 unspecified atom stereocenters. The number of amides is 4. The highest BCUT2D eigenvalue weighted by molar-refractivity contribution is 7.78. The summed E-state index contributed by atoms with van der Waals surface area (Å²) in [4.78, 5) is 46.4. The van der Waals surface area contributed by atoms with Crippen LogP contribution in [0, 0.1) is 0 Å². The number of imide groups is 1. The Labute approximate surface area is 165 Å². The maximum Gasteiger partial charge on any atom is 0.343 e. The average molecular weight is 403 g/mol. The number of hydrogen-bond donors (Lipinski definition) is 4. The third-order valence-corrected chi connectivity index (χ3v) is 3.64. The maximum absolute atomic E-state index is 12.1. The number of anilines is 1. The predicted octanol–water partition coefficient (Wildman–Crippen LogP) is 1.77. The van der Waals surface area contributed by atoms with Crippen molar-refractivity contribution in [3.63, 3.8) is 0 Å². The van der Waals surface area contributed by atoms with Crippen LogP contribution < -0.4 is 20.1 Å². The summed E-state index contributed by atoms with van der Waals surface area (Å²) in [5.74, 6) is -1.14. The molecule has 0 aliphatic rings. The van der Waals surface area contributed by atoms with Crippen LogP contribution in [0.25, 0.3) is 0 Å². The highest BCUT2D eigenvalue weighted by atomic mass is 32.1. The van der Waals surface area contributed by atoms with E-state index in [2.05, 4.69) is 32.9 Å². The van der Waals surface area contributed by atoms with E-state index in [1.165, 1.54) is 31.4 Å². The van der Waals surface area contributed by atoms with Gasteiger partial charge in [0.15, 0.2) is 6.61 Å². The molecule has 10 heteroatoms. The van der Waals surface area contributed by atoms with Crippen LogP contribution in [0.3, 0.4) is 0 Å². The van der Waals surface area contributed by atoms with Crippen LogP contribution in [0.5, 0.6) is 5.75 Å². The molecule has 28 heavy (non-hydrogen) atoms. The second-order valence-electron chi connectivity index (χ2n) is 5.32. The first-order valence-electron chi connectivity index (χ1n) is 7.89. The average Bonchev–Trinajstić information content (AvgIpc) is 2.72.